The van der Waals surface area contributed by atoms with Crippen molar-refractivity contribution in [1.29, 1.82) is 0 Å². The van der Waals surface area contributed by atoms with E-state index in [9.17, 15) is 5.11 Å². The third-order valence-electron chi connectivity index (χ3n) is 5.95. The summed E-state index contributed by atoms with van der Waals surface area (Å²) in [5.41, 5.74) is 4.94. The zero-order valence-electron chi connectivity index (χ0n) is 16.2. The maximum absolute atomic E-state index is 10.2. The van der Waals surface area contributed by atoms with E-state index in [0.29, 0.717) is 5.92 Å². The van der Waals surface area contributed by atoms with Crippen molar-refractivity contribution in [2.75, 3.05) is 0 Å². The molecule has 0 saturated heterocycles. The Bertz CT molecular complexity index is 688. The van der Waals surface area contributed by atoms with Crippen molar-refractivity contribution in [3.05, 3.63) is 72.3 Å². The van der Waals surface area contributed by atoms with Crippen LogP contribution in [0.3, 0.4) is 0 Å². The van der Waals surface area contributed by atoms with Crippen molar-refractivity contribution in [1.82, 2.24) is 0 Å². The van der Waals surface area contributed by atoms with Crippen LogP contribution in [0.4, 0.5) is 0 Å². The average Bonchev–Trinajstić information content (AvgIpc) is 2.68. The SMILES string of the molecule is C=CCC1CCC(c2ccc(-c3ccc(C(O)C(C)C)cc3)cc2)CC1. The third kappa shape index (κ3) is 4.45. The zero-order chi connectivity index (χ0) is 18.5. The van der Waals surface area contributed by atoms with Gasteiger partial charge in [0.2, 0.25) is 0 Å². The molecule has 3 rings (SSSR count). The highest BCUT2D eigenvalue weighted by Crippen LogP contribution is 2.37. The summed E-state index contributed by atoms with van der Waals surface area (Å²) >= 11 is 0. The average molecular weight is 349 g/mol. The van der Waals surface area contributed by atoms with Gasteiger partial charge in [-0.2, -0.15) is 0 Å². The minimum atomic E-state index is -0.386. The lowest BCUT2D eigenvalue weighted by Gasteiger charge is -2.28. The summed E-state index contributed by atoms with van der Waals surface area (Å²) < 4.78 is 0. The fraction of sp³-hybridized carbons (Fsp3) is 0.440. The molecule has 1 aliphatic carbocycles. The smallest absolute Gasteiger partial charge is 0.0812 e. The molecule has 1 atom stereocenters. The Kier molecular flexibility index (Phi) is 6.32. The molecular formula is C25H32O. The Morgan fingerprint density at radius 2 is 1.46 bits per heavy atom. The Morgan fingerprint density at radius 1 is 0.923 bits per heavy atom. The highest BCUT2D eigenvalue weighted by molar-refractivity contribution is 5.64. The first-order valence-electron chi connectivity index (χ1n) is 10.1. The molecule has 0 radical (unpaired) electrons. The molecule has 2 aromatic carbocycles. The van der Waals surface area contributed by atoms with Gasteiger partial charge in [0.05, 0.1) is 6.10 Å². The molecular weight excluding hydrogens is 316 g/mol. The van der Waals surface area contributed by atoms with E-state index >= 15 is 0 Å². The van der Waals surface area contributed by atoms with Gasteiger partial charge >= 0.3 is 0 Å². The van der Waals surface area contributed by atoms with E-state index in [1.165, 1.54) is 48.8 Å². The van der Waals surface area contributed by atoms with Crippen molar-refractivity contribution in [3.8, 4) is 11.1 Å². The summed E-state index contributed by atoms with van der Waals surface area (Å²) in [4.78, 5) is 0. The molecule has 1 saturated carbocycles. The monoisotopic (exact) mass is 348 g/mol. The Morgan fingerprint density at radius 3 is 1.96 bits per heavy atom. The summed E-state index contributed by atoms with van der Waals surface area (Å²) in [6.45, 7) is 7.97. The topological polar surface area (TPSA) is 20.2 Å². The minimum absolute atomic E-state index is 0.238. The second-order valence-electron chi connectivity index (χ2n) is 8.17. The molecule has 138 valence electrons. The maximum Gasteiger partial charge on any atom is 0.0812 e. The fourth-order valence-corrected chi connectivity index (χ4v) is 4.17. The van der Waals surface area contributed by atoms with Crippen molar-refractivity contribution in [2.45, 2.75) is 58.0 Å². The molecule has 26 heavy (non-hydrogen) atoms. The van der Waals surface area contributed by atoms with Gasteiger partial charge in [0.15, 0.2) is 0 Å². The van der Waals surface area contributed by atoms with E-state index in [4.69, 9.17) is 0 Å². The second-order valence-corrected chi connectivity index (χ2v) is 8.17. The zero-order valence-corrected chi connectivity index (χ0v) is 16.2. The maximum atomic E-state index is 10.2. The first-order valence-corrected chi connectivity index (χ1v) is 10.1. The summed E-state index contributed by atoms with van der Waals surface area (Å²) in [6, 6.07) is 17.5. The number of benzene rings is 2. The number of hydrogen-bond acceptors (Lipinski definition) is 1. The molecule has 1 N–H and O–H groups in total. The standard InChI is InChI=1S/C25H32O/c1-4-5-19-6-8-20(9-7-19)21-10-12-22(13-11-21)23-14-16-24(17-15-23)25(26)18(2)3/h4,10-20,25-26H,1,5-9H2,2-3H3. The molecule has 1 unspecified atom stereocenters. The molecule has 0 aromatic heterocycles. The molecule has 1 heteroatoms. The van der Waals surface area contributed by atoms with Gasteiger partial charge in [-0.15, -0.1) is 6.58 Å². The van der Waals surface area contributed by atoms with Crippen LogP contribution in [0.2, 0.25) is 0 Å². The summed E-state index contributed by atoms with van der Waals surface area (Å²) in [7, 11) is 0. The molecule has 1 aliphatic rings. The number of hydrogen-bond donors (Lipinski definition) is 1. The van der Waals surface area contributed by atoms with Crippen LogP contribution in [0.5, 0.6) is 0 Å². The van der Waals surface area contributed by atoms with Crippen molar-refractivity contribution in [2.24, 2.45) is 11.8 Å². The Labute approximate surface area is 158 Å². The summed E-state index contributed by atoms with van der Waals surface area (Å²) in [5.74, 6) is 1.80. The van der Waals surface area contributed by atoms with E-state index in [2.05, 4.69) is 61.2 Å². The molecule has 1 nitrogen and oxygen atoms in total. The van der Waals surface area contributed by atoms with Crippen LogP contribution in [-0.2, 0) is 0 Å². The van der Waals surface area contributed by atoms with Gasteiger partial charge in [0.1, 0.15) is 0 Å². The summed E-state index contributed by atoms with van der Waals surface area (Å²) in [5, 5.41) is 10.2. The van der Waals surface area contributed by atoms with E-state index in [-0.39, 0.29) is 12.0 Å². The minimum Gasteiger partial charge on any atom is -0.388 e. The second kappa shape index (κ2) is 8.68. The van der Waals surface area contributed by atoms with Crippen LogP contribution >= 0.6 is 0 Å². The predicted molar refractivity (Wildman–Crippen MR) is 111 cm³/mol. The predicted octanol–water partition coefficient (Wildman–Crippen LogP) is 6.89. The number of allylic oxidation sites excluding steroid dienone is 1. The van der Waals surface area contributed by atoms with E-state index < -0.39 is 0 Å². The Hall–Kier alpha value is -1.86. The number of aliphatic hydroxyl groups excluding tert-OH is 1. The van der Waals surface area contributed by atoms with E-state index in [0.717, 1.165) is 11.5 Å². The van der Waals surface area contributed by atoms with Crippen LogP contribution in [0.25, 0.3) is 11.1 Å². The van der Waals surface area contributed by atoms with Crippen LogP contribution < -0.4 is 0 Å². The van der Waals surface area contributed by atoms with Crippen LogP contribution in [-0.4, -0.2) is 5.11 Å². The lowest BCUT2D eigenvalue weighted by atomic mass is 9.77. The van der Waals surface area contributed by atoms with Crippen LogP contribution in [0.15, 0.2) is 61.2 Å². The van der Waals surface area contributed by atoms with Crippen molar-refractivity contribution < 1.29 is 5.11 Å². The van der Waals surface area contributed by atoms with Gasteiger partial charge < -0.3 is 5.11 Å². The van der Waals surface area contributed by atoms with Gasteiger partial charge in [-0.25, -0.2) is 0 Å². The molecule has 0 bridgehead atoms. The summed E-state index contributed by atoms with van der Waals surface area (Å²) in [6.07, 6.45) is 8.14. The highest BCUT2D eigenvalue weighted by atomic mass is 16.3. The highest BCUT2D eigenvalue weighted by Gasteiger charge is 2.21. The Balaban J connectivity index is 1.65. The molecule has 0 amide bonds. The first kappa shape index (κ1) is 18.9. The van der Waals surface area contributed by atoms with Gasteiger partial charge in [-0.3, -0.25) is 0 Å². The third-order valence-corrected chi connectivity index (χ3v) is 5.95. The number of rotatable bonds is 6. The number of aliphatic hydroxyl groups is 1. The van der Waals surface area contributed by atoms with Crippen molar-refractivity contribution in [3.63, 3.8) is 0 Å². The van der Waals surface area contributed by atoms with Gasteiger partial charge in [0, 0.05) is 0 Å². The van der Waals surface area contributed by atoms with Gasteiger partial charge in [-0.1, -0.05) is 68.5 Å². The van der Waals surface area contributed by atoms with Gasteiger partial charge in [0.25, 0.3) is 0 Å². The lowest BCUT2D eigenvalue weighted by Crippen LogP contribution is -2.12. The molecule has 0 heterocycles. The van der Waals surface area contributed by atoms with Crippen LogP contribution in [0, 0.1) is 11.8 Å². The molecule has 0 spiro atoms. The lowest BCUT2D eigenvalue weighted by molar-refractivity contribution is 0.127. The first-order chi connectivity index (χ1) is 12.6. The quantitative estimate of drug-likeness (QED) is 0.563. The normalized spacial score (nSPS) is 21.5. The van der Waals surface area contributed by atoms with Crippen LogP contribution in [0.1, 0.15) is 69.1 Å². The fourth-order valence-electron chi connectivity index (χ4n) is 4.17. The van der Waals surface area contributed by atoms with E-state index in [1.54, 1.807) is 0 Å². The molecule has 2 aromatic rings. The molecule has 0 aliphatic heterocycles. The van der Waals surface area contributed by atoms with Crippen molar-refractivity contribution >= 4 is 0 Å². The van der Waals surface area contributed by atoms with E-state index in [1.807, 2.05) is 13.8 Å². The van der Waals surface area contributed by atoms with Gasteiger partial charge in [-0.05, 0) is 72.1 Å². The molecule has 1 fully saturated rings. The largest absolute Gasteiger partial charge is 0.388 e.